The molecule has 2 aromatic rings. The Bertz CT molecular complexity index is 422. The summed E-state index contributed by atoms with van der Waals surface area (Å²) in [6, 6.07) is 7.27. The van der Waals surface area contributed by atoms with Gasteiger partial charge in [-0.3, -0.25) is 0 Å². The molecule has 0 bridgehead atoms. The summed E-state index contributed by atoms with van der Waals surface area (Å²) in [6.45, 7) is 0.137. The molecule has 3 heteroatoms. The first kappa shape index (κ1) is 8.66. The molecule has 0 unspecified atom stereocenters. The molecule has 0 spiro atoms. The van der Waals surface area contributed by atoms with E-state index in [1.54, 1.807) is 0 Å². The molecule has 13 heavy (non-hydrogen) atoms. The van der Waals surface area contributed by atoms with Gasteiger partial charge in [-0.15, -0.1) is 11.3 Å². The number of aliphatic hydroxyl groups excluding tert-OH is 1. The minimum Gasteiger partial charge on any atom is -0.396 e. The molecule has 1 aromatic carbocycles. The number of aliphatic hydroxyl groups is 1. The average molecular weight is 196 g/mol. The quantitative estimate of drug-likeness (QED) is 0.782. The highest BCUT2D eigenvalue weighted by Crippen LogP contribution is 2.25. The second-order valence-corrected chi connectivity index (χ2v) is 3.93. The summed E-state index contributed by atoms with van der Waals surface area (Å²) >= 11 is 1.15. The van der Waals surface area contributed by atoms with Gasteiger partial charge in [0.15, 0.2) is 5.13 Å². The van der Waals surface area contributed by atoms with E-state index < -0.39 is 0 Å². The Balaban J connectivity index is 2.48. The van der Waals surface area contributed by atoms with Gasteiger partial charge in [-0.1, -0.05) is 12.1 Å². The number of thiophene rings is 1. The highest BCUT2D eigenvalue weighted by molar-refractivity contribution is 7.17. The maximum atomic E-state index is 12.8. The van der Waals surface area contributed by atoms with Crippen LogP contribution < -0.4 is 0 Å². The predicted molar refractivity (Wildman–Crippen MR) is 52.6 cm³/mol. The smallest absolute Gasteiger partial charge is 0.177 e. The van der Waals surface area contributed by atoms with Gasteiger partial charge in [-0.05, 0) is 29.5 Å². The fourth-order valence-electron chi connectivity index (χ4n) is 1.35. The van der Waals surface area contributed by atoms with E-state index in [1.807, 2.05) is 18.2 Å². The summed E-state index contributed by atoms with van der Waals surface area (Å²) in [4.78, 5) is 0. The lowest BCUT2D eigenvalue weighted by atomic mass is 10.1. The molecule has 0 amide bonds. The second kappa shape index (κ2) is 3.44. The normalized spacial score (nSPS) is 10.9. The lowest BCUT2D eigenvalue weighted by Crippen LogP contribution is -1.88. The highest BCUT2D eigenvalue weighted by atomic mass is 32.1. The van der Waals surface area contributed by atoms with E-state index in [1.165, 1.54) is 6.07 Å². The van der Waals surface area contributed by atoms with Crippen molar-refractivity contribution in [2.45, 2.75) is 6.42 Å². The molecule has 0 aliphatic heterocycles. The van der Waals surface area contributed by atoms with Crippen LogP contribution in [-0.4, -0.2) is 11.7 Å². The van der Waals surface area contributed by atoms with Gasteiger partial charge in [0.1, 0.15) is 0 Å². The topological polar surface area (TPSA) is 20.2 Å². The molecule has 1 nitrogen and oxygen atoms in total. The first-order chi connectivity index (χ1) is 6.29. The van der Waals surface area contributed by atoms with Crippen molar-refractivity contribution < 1.29 is 9.50 Å². The molecule has 0 aliphatic rings. The van der Waals surface area contributed by atoms with Gasteiger partial charge in [0, 0.05) is 11.3 Å². The van der Waals surface area contributed by atoms with Crippen molar-refractivity contribution in [3.63, 3.8) is 0 Å². The Morgan fingerprint density at radius 1 is 1.31 bits per heavy atom. The van der Waals surface area contributed by atoms with E-state index in [2.05, 4.69) is 0 Å². The third-order valence-electron chi connectivity index (χ3n) is 1.95. The number of rotatable bonds is 2. The van der Waals surface area contributed by atoms with Crippen LogP contribution in [0.1, 0.15) is 5.56 Å². The average Bonchev–Trinajstić information content (AvgIpc) is 2.44. The lowest BCUT2D eigenvalue weighted by Gasteiger charge is -1.96. The van der Waals surface area contributed by atoms with E-state index in [0.717, 1.165) is 27.0 Å². The summed E-state index contributed by atoms with van der Waals surface area (Å²) in [5.41, 5.74) is 1.05. The van der Waals surface area contributed by atoms with Crippen LogP contribution in [-0.2, 0) is 6.42 Å². The molecular formula is C10H9FOS. The van der Waals surface area contributed by atoms with Crippen molar-refractivity contribution in [1.29, 1.82) is 0 Å². The Morgan fingerprint density at radius 3 is 2.92 bits per heavy atom. The third kappa shape index (κ3) is 1.71. The number of fused-ring (bicyclic) bond motifs is 1. The molecule has 0 fully saturated rings. The molecule has 68 valence electrons. The predicted octanol–water partition coefficient (Wildman–Crippen LogP) is 2.58. The van der Waals surface area contributed by atoms with Gasteiger partial charge in [0.2, 0.25) is 0 Å². The van der Waals surface area contributed by atoms with Crippen molar-refractivity contribution in [1.82, 2.24) is 0 Å². The first-order valence-corrected chi connectivity index (χ1v) is 4.90. The molecule has 0 atom stereocenters. The van der Waals surface area contributed by atoms with Crippen molar-refractivity contribution in [2.75, 3.05) is 6.61 Å². The van der Waals surface area contributed by atoms with Crippen LogP contribution in [0.15, 0.2) is 24.3 Å². The molecule has 1 heterocycles. The summed E-state index contributed by atoms with van der Waals surface area (Å²) in [5.74, 6) is 0. The Hall–Kier alpha value is -0.930. The van der Waals surface area contributed by atoms with Gasteiger partial charge < -0.3 is 5.11 Å². The second-order valence-electron chi connectivity index (χ2n) is 2.90. The lowest BCUT2D eigenvalue weighted by molar-refractivity contribution is 0.299. The maximum absolute atomic E-state index is 12.8. The van der Waals surface area contributed by atoms with Crippen LogP contribution in [0.2, 0.25) is 0 Å². The minimum absolute atomic E-state index is 0.137. The van der Waals surface area contributed by atoms with E-state index in [9.17, 15) is 4.39 Å². The monoisotopic (exact) mass is 196 g/mol. The molecule has 0 aliphatic carbocycles. The molecule has 1 aromatic heterocycles. The van der Waals surface area contributed by atoms with Crippen LogP contribution in [0.25, 0.3) is 10.1 Å². The largest absolute Gasteiger partial charge is 0.396 e. The molecule has 2 rings (SSSR count). The fourth-order valence-corrected chi connectivity index (χ4v) is 2.11. The molecule has 0 saturated carbocycles. The zero-order valence-corrected chi connectivity index (χ0v) is 7.77. The van der Waals surface area contributed by atoms with E-state index >= 15 is 0 Å². The first-order valence-electron chi connectivity index (χ1n) is 4.08. The summed E-state index contributed by atoms with van der Waals surface area (Å²) in [7, 11) is 0. The van der Waals surface area contributed by atoms with Crippen molar-refractivity contribution in [3.05, 3.63) is 35.0 Å². The van der Waals surface area contributed by atoms with Crippen LogP contribution in [0, 0.1) is 5.13 Å². The van der Waals surface area contributed by atoms with Crippen LogP contribution in [0.4, 0.5) is 4.39 Å². The van der Waals surface area contributed by atoms with E-state index in [4.69, 9.17) is 5.11 Å². The zero-order chi connectivity index (χ0) is 9.26. The van der Waals surface area contributed by atoms with Crippen molar-refractivity contribution in [3.8, 4) is 0 Å². The van der Waals surface area contributed by atoms with Crippen molar-refractivity contribution >= 4 is 21.4 Å². The number of hydrogen-bond donors (Lipinski definition) is 1. The van der Waals surface area contributed by atoms with Crippen LogP contribution in [0.5, 0.6) is 0 Å². The van der Waals surface area contributed by atoms with Crippen LogP contribution >= 0.6 is 11.3 Å². The Labute approximate surface area is 79.4 Å². The SMILES string of the molecule is OCCc1ccc2sc(F)cc2c1. The van der Waals surface area contributed by atoms with Gasteiger partial charge >= 0.3 is 0 Å². The van der Waals surface area contributed by atoms with E-state index in [0.29, 0.717) is 6.42 Å². The number of halogens is 1. The van der Waals surface area contributed by atoms with Crippen molar-refractivity contribution in [2.24, 2.45) is 0 Å². The number of benzene rings is 1. The summed E-state index contributed by atoms with van der Waals surface area (Å²) < 4.78 is 13.8. The molecule has 0 radical (unpaired) electrons. The fraction of sp³-hybridized carbons (Fsp3) is 0.200. The summed E-state index contributed by atoms with van der Waals surface area (Å²) in [5, 5.41) is 9.49. The Kier molecular flexibility index (Phi) is 2.29. The molecular weight excluding hydrogens is 187 g/mol. The third-order valence-corrected chi connectivity index (χ3v) is 2.86. The van der Waals surface area contributed by atoms with Crippen LogP contribution in [0.3, 0.4) is 0 Å². The Morgan fingerprint density at radius 2 is 2.15 bits per heavy atom. The zero-order valence-electron chi connectivity index (χ0n) is 6.96. The maximum Gasteiger partial charge on any atom is 0.177 e. The summed E-state index contributed by atoms with van der Waals surface area (Å²) in [6.07, 6.45) is 0.632. The standard InChI is InChI=1S/C10H9FOS/c11-10-6-8-5-7(3-4-12)1-2-9(8)13-10/h1-2,5-6,12H,3-4H2. The van der Waals surface area contributed by atoms with Gasteiger partial charge in [-0.2, -0.15) is 4.39 Å². The highest BCUT2D eigenvalue weighted by Gasteiger charge is 2.01. The van der Waals surface area contributed by atoms with E-state index in [-0.39, 0.29) is 11.7 Å². The minimum atomic E-state index is -0.156. The van der Waals surface area contributed by atoms with Gasteiger partial charge in [0.05, 0.1) is 0 Å². The molecule has 1 N–H and O–H groups in total. The number of hydrogen-bond acceptors (Lipinski definition) is 2. The van der Waals surface area contributed by atoms with Gasteiger partial charge in [0.25, 0.3) is 0 Å². The van der Waals surface area contributed by atoms with Gasteiger partial charge in [-0.25, -0.2) is 0 Å². The molecule has 0 saturated heterocycles.